The highest BCUT2D eigenvalue weighted by Gasteiger charge is 2.26. The molecule has 1 atom stereocenters. The van der Waals surface area contributed by atoms with Crippen LogP contribution in [-0.2, 0) is 14.3 Å². The van der Waals surface area contributed by atoms with Gasteiger partial charge >= 0.3 is 5.97 Å². The molecule has 0 bridgehead atoms. The highest BCUT2D eigenvalue weighted by molar-refractivity contribution is 5.86. The summed E-state index contributed by atoms with van der Waals surface area (Å²) in [5.41, 5.74) is 0.757. The van der Waals surface area contributed by atoms with E-state index in [0.717, 1.165) is 12.1 Å². The van der Waals surface area contributed by atoms with Crippen LogP contribution in [0.4, 0.5) is 13.2 Å². The molecule has 0 fully saturated rings. The van der Waals surface area contributed by atoms with Crippen LogP contribution in [0.2, 0.25) is 0 Å². The van der Waals surface area contributed by atoms with Gasteiger partial charge in [-0.3, -0.25) is 4.79 Å². The van der Waals surface area contributed by atoms with E-state index in [4.69, 9.17) is 4.74 Å². The van der Waals surface area contributed by atoms with E-state index >= 15 is 0 Å². The van der Waals surface area contributed by atoms with Crippen molar-refractivity contribution in [2.45, 2.75) is 33.2 Å². The number of hydrogen-bond acceptors (Lipinski definition) is 3. The molecule has 2 rings (SSSR count). The van der Waals surface area contributed by atoms with Crippen LogP contribution in [0.5, 0.6) is 0 Å². The van der Waals surface area contributed by atoms with Gasteiger partial charge in [-0.15, -0.1) is 0 Å². The summed E-state index contributed by atoms with van der Waals surface area (Å²) in [7, 11) is 1.21. The maximum atomic E-state index is 13.4. The molecule has 150 valence electrons. The Morgan fingerprint density at radius 3 is 2.00 bits per heavy atom. The molecule has 2 aromatic carbocycles. The fourth-order valence-electron chi connectivity index (χ4n) is 2.68. The monoisotopic (exact) mass is 393 g/mol. The lowest BCUT2D eigenvalue weighted by Crippen LogP contribution is -2.36. The van der Waals surface area contributed by atoms with Crippen LogP contribution in [0.3, 0.4) is 0 Å². The molecule has 0 heterocycles. The summed E-state index contributed by atoms with van der Waals surface area (Å²) < 4.78 is 44.8. The average Bonchev–Trinajstić information content (AvgIpc) is 2.62. The zero-order valence-corrected chi connectivity index (χ0v) is 16.1. The molecule has 0 aliphatic heterocycles. The van der Waals surface area contributed by atoms with E-state index in [1.165, 1.54) is 31.4 Å². The van der Waals surface area contributed by atoms with Gasteiger partial charge in [0, 0.05) is 6.42 Å². The van der Waals surface area contributed by atoms with Crippen LogP contribution in [-0.4, -0.2) is 19.0 Å². The molecular formula is C21H22F3NO3. The first kappa shape index (κ1) is 21.5. The van der Waals surface area contributed by atoms with Gasteiger partial charge in [0.2, 0.25) is 5.91 Å². The molecule has 0 saturated heterocycles. The third-order valence-electron chi connectivity index (χ3n) is 3.99. The Morgan fingerprint density at radius 2 is 1.54 bits per heavy atom. The van der Waals surface area contributed by atoms with Gasteiger partial charge in [-0.2, -0.15) is 0 Å². The molecule has 4 nitrogen and oxygen atoms in total. The van der Waals surface area contributed by atoms with Gasteiger partial charge in [-0.1, -0.05) is 45.0 Å². The van der Waals surface area contributed by atoms with Crippen LogP contribution < -0.4 is 5.32 Å². The molecule has 0 spiro atoms. The lowest BCUT2D eigenvalue weighted by Gasteiger charge is -2.21. The quantitative estimate of drug-likeness (QED) is 0.600. The Balaban J connectivity index is 2.29. The van der Waals surface area contributed by atoms with Crippen molar-refractivity contribution in [3.63, 3.8) is 0 Å². The first-order valence-electron chi connectivity index (χ1n) is 8.64. The number of esters is 1. The van der Waals surface area contributed by atoms with Gasteiger partial charge in [0.25, 0.3) is 0 Å². The van der Waals surface area contributed by atoms with Gasteiger partial charge in [0.15, 0.2) is 23.5 Å². The highest BCUT2D eigenvalue weighted by atomic mass is 19.2. The lowest BCUT2D eigenvalue weighted by molar-refractivity contribution is -0.145. The minimum atomic E-state index is -1.53. The topological polar surface area (TPSA) is 55.4 Å². The highest BCUT2D eigenvalue weighted by Crippen LogP contribution is 2.26. The molecule has 2 aromatic rings. The molecule has 7 heteroatoms. The van der Waals surface area contributed by atoms with Crippen LogP contribution in [0.25, 0.3) is 11.1 Å². The predicted molar refractivity (Wildman–Crippen MR) is 98.7 cm³/mol. The molecule has 1 unspecified atom stereocenters. The first-order chi connectivity index (χ1) is 13.0. The Bertz CT molecular complexity index is 850. The standard InChI is InChI=1S/C21H22F3NO3/c1-21(2,3)11-17(26)25-19(20(27)28-4)13-7-5-12(6-8-13)14-9-15(22)18(24)16(23)10-14/h5-10,19H,11H2,1-4H3,(H,25,26). The van der Waals surface area contributed by atoms with Crippen molar-refractivity contribution in [1.29, 1.82) is 0 Å². The number of ether oxygens (including phenoxy) is 1. The molecule has 28 heavy (non-hydrogen) atoms. The van der Waals surface area contributed by atoms with Gasteiger partial charge in [0.05, 0.1) is 7.11 Å². The van der Waals surface area contributed by atoms with E-state index in [1.807, 2.05) is 20.8 Å². The van der Waals surface area contributed by atoms with Crippen LogP contribution in [0.1, 0.15) is 38.8 Å². The fourth-order valence-corrected chi connectivity index (χ4v) is 2.68. The number of benzene rings is 2. The van der Waals surface area contributed by atoms with E-state index in [1.54, 1.807) is 0 Å². The SMILES string of the molecule is COC(=O)C(NC(=O)CC(C)(C)C)c1ccc(-c2cc(F)c(F)c(F)c2)cc1. The predicted octanol–water partition coefficient (Wildman–Crippen LogP) is 4.54. The summed E-state index contributed by atoms with van der Waals surface area (Å²) in [6.07, 6.45) is 0.215. The molecule has 1 N–H and O–H groups in total. The second kappa shape index (κ2) is 8.46. The second-order valence-corrected chi connectivity index (χ2v) is 7.64. The Kier molecular flexibility index (Phi) is 6.48. The lowest BCUT2D eigenvalue weighted by atomic mass is 9.91. The Labute approximate surface area is 161 Å². The maximum absolute atomic E-state index is 13.4. The van der Waals surface area contributed by atoms with Crippen LogP contribution in [0.15, 0.2) is 36.4 Å². The molecular weight excluding hydrogens is 371 g/mol. The summed E-state index contributed by atoms with van der Waals surface area (Å²) in [6.45, 7) is 5.69. The Morgan fingerprint density at radius 1 is 1.00 bits per heavy atom. The number of nitrogens with one attached hydrogen (secondary N) is 1. The third-order valence-corrected chi connectivity index (χ3v) is 3.99. The van der Waals surface area contributed by atoms with Crippen molar-refractivity contribution in [2.75, 3.05) is 7.11 Å². The van der Waals surface area contributed by atoms with E-state index in [0.29, 0.717) is 11.1 Å². The van der Waals surface area contributed by atoms with Crippen molar-refractivity contribution in [3.8, 4) is 11.1 Å². The molecule has 0 aromatic heterocycles. The summed E-state index contributed by atoms with van der Waals surface area (Å²) in [6, 6.07) is 6.87. The number of hydrogen-bond donors (Lipinski definition) is 1. The van der Waals surface area contributed by atoms with Gasteiger partial charge < -0.3 is 10.1 Å². The largest absolute Gasteiger partial charge is 0.467 e. The zero-order valence-electron chi connectivity index (χ0n) is 16.1. The number of amides is 1. The Hall–Kier alpha value is -2.83. The summed E-state index contributed by atoms with van der Waals surface area (Å²) in [4.78, 5) is 24.3. The van der Waals surface area contributed by atoms with Gasteiger partial charge in [-0.25, -0.2) is 18.0 Å². The number of carbonyl (C=O) groups excluding carboxylic acids is 2. The molecule has 0 aliphatic carbocycles. The van der Waals surface area contributed by atoms with E-state index in [-0.39, 0.29) is 23.3 Å². The number of rotatable bonds is 5. The van der Waals surface area contributed by atoms with Crippen molar-refractivity contribution in [2.24, 2.45) is 5.41 Å². The van der Waals surface area contributed by atoms with Gasteiger partial charge in [-0.05, 0) is 34.2 Å². The molecule has 1 amide bonds. The fraction of sp³-hybridized carbons (Fsp3) is 0.333. The maximum Gasteiger partial charge on any atom is 0.333 e. The number of carbonyl (C=O) groups is 2. The van der Waals surface area contributed by atoms with Crippen molar-refractivity contribution in [1.82, 2.24) is 5.32 Å². The molecule has 0 radical (unpaired) electrons. The van der Waals surface area contributed by atoms with Crippen molar-refractivity contribution < 1.29 is 27.5 Å². The first-order valence-corrected chi connectivity index (χ1v) is 8.64. The van der Waals surface area contributed by atoms with E-state index in [9.17, 15) is 22.8 Å². The zero-order chi connectivity index (χ0) is 21.1. The smallest absolute Gasteiger partial charge is 0.333 e. The van der Waals surface area contributed by atoms with E-state index in [2.05, 4.69) is 5.32 Å². The normalized spacial score (nSPS) is 12.4. The third kappa shape index (κ3) is 5.34. The van der Waals surface area contributed by atoms with Crippen molar-refractivity contribution >= 4 is 11.9 Å². The van der Waals surface area contributed by atoms with Crippen molar-refractivity contribution in [3.05, 3.63) is 59.4 Å². The molecule has 0 aliphatic rings. The summed E-state index contributed by atoms with van der Waals surface area (Å²) >= 11 is 0. The second-order valence-electron chi connectivity index (χ2n) is 7.64. The van der Waals surface area contributed by atoms with Crippen LogP contribution >= 0.6 is 0 Å². The molecule has 0 saturated carbocycles. The minimum absolute atomic E-state index is 0.148. The van der Waals surface area contributed by atoms with Crippen LogP contribution in [0, 0.1) is 22.9 Å². The minimum Gasteiger partial charge on any atom is -0.467 e. The number of halogens is 3. The van der Waals surface area contributed by atoms with Gasteiger partial charge in [0.1, 0.15) is 0 Å². The van der Waals surface area contributed by atoms with E-state index < -0.39 is 29.5 Å². The summed E-state index contributed by atoms with van der Waals surface area (Å²) in [5.74, 6) is -5.07. The average molecular weight is 393 g/mol. The summed E-state index contributed by atoms with van der Waals surface area (Å²) in [5, 5.41) is 2.64. The number of methoxy groups -OCH3 is 1.